The first kappa shape index (κ1) is 15.6. The molecule has 2 rings (SSSR count). The molecule has 22 heavy (non-hydrogen) atoms. The van der Waals surface area contributed by atoms with Crippen LogP contribution in [0.15, 0.2) is 36.8 Å². The fraction of sp³-hybridized carbons (Fsp3) is 0.154. The van der Waals surface area contributed by atoms with Gasteiger partial charge >= 0.3 is 0 Å². The van der Waals surface area contributed by atoms with Gasteiger partial charge in [-0.1, -0.05) is 11.6 Å². The molecule has 1 amide bonds. The van der Waals surface area contributed by atoms with Crippen LogP contribution >= 0.6 is 11.6 Å². The summed E-state index contributed by atoms with van der Waals surface area (Å²) in [5.41, 5.74) is -0.360. The molecule has 0 unspecified atom stereocenters. The van der Waals surface area contributed by atoms with Crippen LogP contribution in [0, 0.1) is 10.1 Å². The summed E-state index contributed by atoms with van der Waals surface area (Å²) in [5.74, 6) is 0.0403. The second kappa shape index (κ2) is 7.32. The maximum absolute atomic E-state index is 12.0. The van der Waals surface area contributed by atoms with Gasteiger partial charge in [-0.25, -0.2) is 4.98 Å². The van der Waals surface area contributed by atoms with E-state index in [4.69, 9.17) is 11.6 Å². The first-order valence-corrected chi connectivity index (χ1v) is 6.68. The number of halogens is 1. The topological polar surface area (TPSA) is 110 Å². The number of carbonyl (C=O) groups excluding carboxylic acids is 1. The summed E-state index contributed by atoms with van der Waals surface area (Å²) in [6, 6.07) is 3.90. The fourth-order valence-corrected chi connectivity index (χ4v) is 1.87. The van der Waals surface area contributed by atoms with Crippen molar-refractivity contribution in [2.75, 3.05) is 18.4 Å². The molecule has 114 valence electrons. The highest BCUT2D eigenvalue weighted by Crippen LogP contribution is 2.22. The molecular weight excluding hydrogens is 310 g/mol. The molecule has 0 radical (unpaired) electrons. The number of nitrogens with zero attached hydrogens (tertiary/aromatic N) is 3. The summed E-state index contributed by atoms with van der Waals surface area (Å²) in [6.07, 6.45) is 4.64. The number of hydrogen-bond acceptors (Lipinski definition) is 6. The van der Waals surface area contributed by atoms with Crippen molar-refractivity contribution < 1.29 is 9.72 Å². The van der Waals surface area contributed by atoms with Crippen LogP contribution in [0.3, 0.4) is 0 Å². The van der Waals surface area contributed by atoms with Crippen molar-refractivity contribution in [2.45, 2.75) is 0 Å². The van der Waals surface area contributed by atoms with Crippen LogP contribution in [-0.4, -0.2) is 33.9 Å². The number of rotatable bonds is 6. The molecule has 9 heteroatoms. The highest BCUT2D eigenvalue weighted by Gasteiger charge is 2.20. The van der Waals surface area contributed by atoms with Crippen molar-refractivity contribution in [1.82, 2.24) is 15.3 Å². The number of carbonyl (C=O) groups is 1. The molecule has 1 aromatic heterocycles. The minimum absolute atomic E-state index is 0.0334. The van der Waals surface area contributed by atoms with Crippen LogP contribution in [-0.2, 0) is 0 Å². The summed E-state index contributed by atoms with van der Waals surface area (Å²) in [7, 11) is 0. The SMILES string of the molecule is O=C(NCCNc1cnccn1)c1ccc(Cl)cc1[N+](=O)[O-]. The minimum Gasteiger partial charge on any atom is -0.367 e. The third-order valence-corrected chi connectivity index (χ3v) is 2.92. The molecule has 0 saturated heterocycles. The molecule has 0 saturated carbocycles. The summed E-state index contributed by atoms with van der Waals surface area (Å²) in [6.45, 7) is 0.682. The number of nitro benzene ring substituents is 1. The van der Waals surface area contributed by atoms with Gasteiger partial charge in [0.1, 0.15) is 11.4 Å². The standard InChI is InChI=1S/C13H12ClN5O3/c14-9-1-2-10(11(7-9)19(21)22)13(20)18-6-5-17-12-8-15-3-4-16-12/h1-4,7-8H,5-6H2,(H,16,17)(H,18,20). The molecule has 0 aliphatic heterocycles. The molecule has 0 bridgehead atoms. The van der Waals surface area contributed by atoms with E-state index in [9.17, 15) is 14.9 Å². The summed E-state index contributed by atoms with van der Waals surface area (Å²) in [4.78, 5) is 30.2. The van der Waals surface area contributed by atoms with Gasteiger partial charge in [0.15, 0.2) is 0 Å². The molecule has 1 aromatic carbocycles. The fourth-order valence-electron chi connectivity index (χ4n) is 1.70. The van der Waals surface area contributed by atoms with E-state index < -0.39 is 10.8 Å². The Labute approximate surface area is 130 Å². The molecule has 2 aromatic rings. The van der Waals surface area contributed by atoms with Crippen LogP contribution in [0.5, 0.6) is 0 Å². The normalized spacial score (nSPS) is 10.0. The van der Waals surface area contributed by atoms with Gasteiger partial charge in [-0.3, -0.25) is 19.9 Å². The number of benzene rings is 1. The number of nitrogens with one attached hydrogen (secondary N) is 2. The molecule has 0 atom stereocenters. The van der Waals surface area contributed by atoms with E-state index in [-0.39, 0.29) is 22.8 Å². The average Bonchev–Trinajstić information content (AvgIpc) is 2.52. The van der Waals surface area contributed by atoms with Gasteiger partial charge in [0.2, 0.25) is 0 Å². The zero-order chi connectivity index (χ0) is 15.9. The summed E-state index contributed by atoms with van der Waals surface area (Å²) in [5, 5.41) is 16.7. The zero-order valence-electron chi connectivity index (χ0n) is 11.3. The number of hydrogen-bond donors (Lipinski definition) is 2. The Morgan fingerprint density at radius 1 is 1.32 bits per heavy atom. The Bertz CT molecular complexity index is 681. The van der Waals surface area contributed by atoms with Crippen LogP contribution in [0.4, 0.5) is 11.5 Å². The second-order valence-corrected chi connectivity index (χ2v) is 4.63. The van der Waals surface area contributed by atoms with E-state index in [0.29, 0.717) is 12.4 Å². The Kier molecular flexibility index (Phi) is 5.21. The lowest BCUT2D eigenvalue weighted by atomic mass is 10.1. The molecule has 2 N–H and O–H groups in total. The van der Waals surface area contributed by atoms with Gasteiger partial charge in [-0.15, -0.1) is 0 Å². The number of nitro groups is 1. The maximum Gasteiger partial charge on any atom is 0.283 e. The Morgan fingerprint density at radius 2 is 2.14 bits per heavy atom. The lowest BCUT2D eigenvalue weighted by Crippen LogP contribution is -2.29. The van der Waals surface area contributed by atoms with Gasteiger partial charge in [-0.2, -0.15) is 0 Å². The molecule has 1 heterocycles. The minimum atomic E-state index is -0.640. The smallest absolute Gasteiger partial charge is 0.283 e. The number of anilines is 1. The summed E-state index contributed by atoms with van der Waals surface area (Å²) >= 11 is 5.70. The Morgan fingerprint density at radius 3 is 2.82 bits per heavy atom. The molecule has 0 aliphatic rings. The van der Waals surface area contributed by atoms with E-state index in [0.717, 1.165) is 6.07 Å². The van der Waals surface area contributed by atoms with Crippen LogP contribution in [0.1, 0.15) is 10.4 Å². The third-order valence-electron chi connectivity index (χ3n) is 2.68. The van der Waals surface area contributed by atoms with Gasteiger partial charge in [0, 0.05) is 36.6 Å². The van der Waals surface area contributed by atoms with E-state index in [1.165, 1.54) is 18.3 Å². The average molecular weight is 322 g/mol. The Balaban J connectivity index is 1.91. The third kappa shape index (κ3) is 4.13. The van der Waals surface area contributed by atoms with Crippen LogP contribution in [0.2, 0.25) is 5.02 Å². The predicted molar refractivity (Wildman–Crippen MR) is 81.0 cm³/mol. The predicted octanol–water partition coefficient (Wildman–Crippen LogP) is 1.88. The van der Waals surface area contributed by atoms with Gasteiger partial charge in [-0.05, 0) is 12.1 Å². The lowest BCUT2D eigenvalue weighted by molar-refractivity contribution is -0.385. The number of amides is 1. The van der Waals surface area contributed by atoms with Crippen molar-refractivity contribution >= 4 is 29.0 Å². The first-order valence-electron chi connectivity index (χ1n) is 6.30. The monoisotopic (exact) mass is 321 g/mol. The zero-order valence-corrected chi connectivity index (χ0v) is 12.1. The van der Waals surface area contributed by atoms with E-state index in [1.54, 1.807) is 12.4 Å². The highest BCUT2D eigenvalue weighted by atomic mass is 35.5. The van der Waals surface area contributed by atoms with Crippen molar-refractivity contribution in [3.05, 3.63) is 57.5 Å². The highest BCUT2D eigenvalue weighted by molar-refractivity contribution is 6.31. The van der Waals surface area contributed by atoms with Crippen molar-refractivity contribution in [1.29, 1.82) is 0 Å². The molecule has 0 aliphatic carbocycles. The van der Waals surface area contributed by atoms with Crippen molar-refractivity contribution in [2.24, 2.45) is 0 Å². The van der Waals surface area contributed by atoms with Crippen molar-refractivity contribution in [3.8, 4) is 0 Å². The lowest BCUT2D eigenvalue weighted by Gasteiger charge is -2.07. The largest absolute Gasteiger partial charge is 0.367 e. The van der Waals surface area contributed by atoms with E-state index in [1.807, 2.05) is 0 Å². The summed E-state index contributed by atoms with van der Waals surface area (Å²) < 4.78 is 0. The first-order chi connectivity index (χ1) is 10.6. The van der Waals surface area contributed by atoms with Gasteiger partial charge < -0.3 is 10.6 Å². The van der Waals surface area contributed by atoms with Gasteiger partial charge in [0.05, 0.1) is 11.1 Å². The second-order valence-electron chi connectivity index (χ2n) is 4.19. The molecular formula is C13H12ClN5O3. The maximum atomic E-state index is 12.0. The quantitative estimate of drug-likeness (QED) is 0.477. The van der Waals surface area contributed by atoms with Crippen LogP contribution < -0.4 is 10.6 Å². The van der Waals surface area contributed by atoms with E-state index >= 15 is 0 Å². The Hall–Kier alpha value is -2.74. The van der Waals surface area contributed by atoms with E-state index in [2.05, 4.69) is 20.6 Å². The molecule has 8 nitrogen and oxygen atoms in total. The van der Waals surface area contributed by atoms with Crippen molar-refractivity contribution in [3.63, 3.8) is 0 Å². The number of aromatic nitrogens is 2. The van der Waals surface area contributed by atoms with Gasteiger partial charge in [0.25, 0.3) is 11.6 Å². The molecule has 0 spiro atoms. The molecule has 0 fully saturated rings. The van der Waals surface area contributed by atoms with Crippen LogP contribution in [0.25, 0.3) is 0 Å².